The Kier molecular flexibility index (Phi) is 4.05. The van der Waals surface area contributed by atoms with Gasteiger partial charge in [-0.1, -0.05) is 12.8 Å². The normalized spacial score (nSPS) is 55.7. The van der Waals surface area contributed by atoms with E-state index in [1.54, 1.807) is 0 Å². The molecule has 9 aliphatic rings. The molecule has 2 heteroatoms. The topological polar surface area (TPSA) is 34.1 Å². The zero-order valence-electron chi connectivity index (χ0n) is 18.7. The molecule has 9 saturated carbocycles. The standard InChI is InChI=1S/C28H40O2/c29-25(27-11-17-5-18(12-27)7-19(6-17)13-27)23-3-1-2-4-24(23)26(30)28-14-20-8-21(15-28)10-22(9-20)16-28/h17-24H,1-16H2. The number of Topliss-reactive ketones (excluding diaryl/α,β-unsaturated/α-hetero) is 2. The molecule has 30 heavy (non-hydrogen) atoms. The van der Waals surface area contributed by atoms with Crippen LogP contribution in [0.25, 0.3) is 0 Å². The summed E-state index contributed by atoms with van der Waals surface area (Å²) in [4.78, 5) is 28.5. The Morgan fingerprint density at radius 1 is 0.467 bits per heavy atom. The van der Waals surface area contributed by atoms with E-state index in [9.17, 15) is 9.59 Å². The van der Waals surface area contributed by atoms with Crippen LogP contribution in [0.15, 0.2) is 0 Å². The average Bonchev–Trinajstić information content (AvgIpc) is 2.71. The predicted octanol–water partition coefficient (Wildman–Crippen LogP) is 6.36. The van der Waals surface area contributed by atoms with Gasteiger partial charge >= 0.3 is 0 Å². The summed E-state index contributed by atoms with van der Waals surface area (Å²) in [6.07, 6.45) is 19.8. The molecule has 0 amide bonds. The molecule has 2 unspecified atom stereocenters. The molecular weight excluding hydrogens is 368 g/mol. The van der Waals surface area contributed by atoms with Gasteiger partial charge in [0.2, 0.25) is 0 Å². The highest BCUT2D eigenvalue weighted by molar-refractivity contribution is 5.95. The van der Waals surface area contributed by atoms with E-state index in [0.717, 1.165) is 48.3 Å². The molecule has 9 aliphatic carbocycles. The van der Waals surface area contributed by atoms with E-state index < -0.39 is 0 Å². The molecule has 164 valence electrons. The van der Waals surface area contributed by atoms with Gasteiger partial charge in [0.15, 0.2) is 0 Å². The van der Waals surface area contributed by atoms with Crippen molar-refractivity contribution in [3.63, 3.8) is 0 Å². The fraction of sp³-hybridized carbons (Fsp3) is 0.929. The summed E-state index contributed by atoms with van der Waals surface area (Å²) in [7, 11) is 0. The van der Waals surface area contributed by atoms with Crippen LogP contribution in [0.3, 0.4) is 0 Å². The fourth-order valence-corrected chi connectivity index (χ4v) is 11.4. The number of hydrogen-bond acceptors (Lipinski definition) is 2. The molecule has 0 aromatic carbocycles. The predicted molar refractivity (Wildman–Crippen MR) is 117 cm³/mol. The molecule has 0 N–H and O–H groups in total. The van der Waals surface area contributed by atoms with Crippen molar-refractivity contribution in [2.24, 2.45) is 58.2 Å². The second kappa shape index (κ2) is 6.44. The summed E-state index contributed by atoms with van der Waals surface area (Å²) in [5.41, 5.74) is -0.0342. The molecule has 9 rings (SSSR count). The molecule has 0 aliphatic heterocycles. The number of carbonyl (C=O) groups is 2. The molecule has 9 fully saturated rings. The molecule has 2 nitrogen and oxygen atoms in total. The van der Waals surface area contributed by atoms with Gasteiger partial charge in [-0.15, -0.1) is 0 Å². The lowest BCUT2D eigenvalue weighted by molar-refractivity contribution is -0.160. The van der Waals surface area contributed by atoms with Gasteiger partial charge in [-0.25, -0.2) is 0 Å². The van der Waals surface area contributed by atoms with Crippen molar-refractivity contribution in [3.05, 3.63) is 0 Å². The Balaban J connectivity index is 1.17. The molecule has 0 heterocycles. The van der Waals surface area contributed by atoms with Crippen LogP contribution in [0.4, 0.5) is 0 Å². The summed E-state index contributed by atoms with van der Waals surface area (Å²) in [6.45, 7) is 0. The van der Waals surface area contributed by atoms with E-state index in [4.69, 9.17) is 0 Å². The smallest absolute Gasteiger partial charge is 0.142 e. The fourth-order valence-electron chi connectivity index (χ4n) is 11.4. The maximum atomic E-state index is 14.2. The van der Waals surface area contributed by atoms with Gasteiger partial charge in [0, 0.05) is 22.7 Å². The monoisotopic (exact) mass is 408 g/mol. The number of carbonyl (C=O) groups excluding carboxylic acids is 2. The van der Waals surface area contributed by atoms with Crippen LogP contribution in [0.1, 0.15) is 103 Å². The third-order valence-electron chi connectivity index (χ3n) is 11.6. The van der Waals surface area contributed by atoms with Gasteiger partial charge in [-0.2, -0.15) is 0 Å². The Morgan fingerprint density at radius 2 is 0.733 bits per heavy atom. The van der Waals surface area contributed by atoms with Gasteiger partial charge in [-0.3, -0.25) is 9.59 Å². The Hall–Kier alpha value is -0.660. The quantitative estimate of drug-likeness (QED) is 0.542. The highest BCUT2D eigenvalue weighted by atomic mass is 16.1. The van der Waals surface area contributed by atoms with Gasteiger partial charge < -0.3 is 0 Å². The van der Waals surface area contributed by atoms with Gasteiger partial charge in [0.1, 0.15) is 11.6 Å². The Labute approximate surface area is 182 Å². The van der Waals surface area contributed by atoms with Gasteiger partial charge in [0.25, 0.3) is 0 Å². The summed E-state index contributed by atoms with van der Waals surface area (Å²) < 4.78 is 0. The van der Waals surface area contributed by atoms with Crippen LogP contribution < -0.4 is 0 Å². The van der Waals surface area contributed by atoms with Crippen molar-refractivity contribution in [1.82, 2.24) is 0 Å². The van der Waals surface area contributed by atoms with Crippen LogP contribution in [0, 0.1) is 58.2 Å². The summed E-state index contributed by atoms with van der Waals surface area (Å²) >= 11 is 0. The molecule has 0 radical (unpaired) electrons. The van der Waals surface area contributed by atoms with E-state index >= 15 is 0 Å². The van der Waals surface area contributed by atoms with Crippen molar-refractivity contribution in [3.8, 4) is 0 Å². The first-order chi connectivity index (χ1) is 14.5. The van der Waals surface area contributed by atoms with Crippen molar-refractivity contribution >= 4 is 11.6 Å². The minimum absolute atomic E-state index is 0.0171. The minimum atomic E-state index is -0.0171. The lowest BCUT2D eigenvalue weighted by atomic mass is 9.45. The first-order valence-corrected chi connectivity index (χ1v) is 13.6. The number of hydrogen-bond donors (Lipinski definition) is 0. The maximum Gasteiger partial charge on any atom is 0.142 e. The van der Waals surface area contributed by atoms with E-state index in [0.29, 0.717) is 11.6 Å². The van der Waals surface area contributed by atoms with Crippen LogP contribution in [0.5, 0.6) is 0 Å². The molecule has 8 bridgehead atoms. The zero-order valence-corrected chi connectivity index (χ0v) is 18.7. The highest BCUT2D eigenvalue weighted by Gasteiger charge is 2.60. The second-order valence-electron chi connectivity index (χ2n) is 13.6. The van der Waals surface area contributed by atoms with Crippen molar-refractivity contribution in [2.75, 3.05) is 0 Å². The molecule has 2 atom stereocenters. The third kappa shape index (κ3) is 2.67. The van der Waals surface area contributed by atoms with Gasteiger partial charge in [-0.05, 0) is 125 Å². The van der Waals surface area contributed by atoms with Crippen molar-refractivity contribution < 1.29 is 9.59 Å². The first-order valence-electron chi connectivity index (χ1n) is 13.6. The van der Waals surface area contributed by atoms with E-state index in [-0.39, 0.29) is 22.7 Å². The summed E-state index contributed by atoms with van der Waals surface area (Å²) in [5.74, 6) is 6.26. The summed E-state index contributed by atoms with van der Waals surface area (Å²) in [6, 6.07) is 0. The maximum absolute atomic E-state index is 14.2. The number of rotatable bonds is 4. The van der Waals surface area contributed by atoms with E-state index in [2.05, 4.69) is 0 Å². The van der Waals surface area contributed by atoms with Crippen LogP contribution >= 0.6 is 0 Å². The Bertz CT molecular complexity index is 628. The molecule has 0 saturated heterocycles. The third-order valence-corrected chi connectivity index (χ3v) is 11.6. The second-order valence-corrected chi connectivity index (χ2v) is 13.6. The van der Waals surface area contributed by atoms with Crippen molar-refractivity contribution in [2.45, 2.75) is 103 Å². The lowest BCUT2D eigenvalue weighted by Crippen LogP contribution is -2.56. The molecule has 0 aromatic heterocycles. The first kappa shape index (κ1) is 18.9. The summed E-state index contributed by atoms with van der Waals surface area (Å²) in [5, 5.41) is 0. The van der Waals surface area contributed by atoms with E-state index in [1.807, 2.05) is 0 Å². The van der Waals surface area contributed by atoms with Crippen LogP contribution in [-0.4, -0.2) is 11.6 Å². The largest absolute Gasteiger partial charge is 0.299 e. The zero-order chi connectivity index (χ0) is 20.1. The van der Waals surface area contributed by atoms with Gasteiger partial charge in [0.05, 0.1) is 0 Å². The van der Waals surface area contributed by atoms with Crippen LogP contribution in [0.2, 0.25) is 0 Å². The average molecular weight is 409 g/mol. The minimum Gasteiger partial charge on any atom is -0.299 e. The SMILES string of the molecule is O=C(C1CCCCC1C(=O)C12CC3CC(CC(C3)C1)C2)C12CC3CC(CC(C3)C1)C2. The molecule has 0 spiro atoms. The lowest BCUT2D eigenvalue weighted by Gasteiger charge is -2.58. The Morgan fingerprint density at radius 3 is 1.00 bits per heavy atom. The number of ketones is 2. The highest BCUT2D eigenvalue weighted by Crippen LogP contribution is 2.64. The molecule has 0 aromatic rings. The van der Waals surface area contributed by atoms with Crippen molar-refractivity contribution in [1.29, 1.82) is 0 Å². The van der Waals surface area contributed by atoms with Crippen LogP contribution in [-0.2, 0) is 9.59 Å². The van der Waals surface area contributed by atoms with E-state index in [1.165, 1.54) is 89.9 Å². The molecular formula is C28H40O2.